The lowest BCUT2D eigenvalue weighted by atomic mass is 10.3. The first-order valence-electron chi connectivity index (χ1n) is 4.08. The zero-order valence-corrected chi connectivity index (χ0v) is 8.02. The summed E-state index contributed by atoms with van der Waals surface area (Å²) in [6, 6.07) is -0.903. The number of primary amides is 1. The van der Waals surface area contributed by atoms with Crippen molar-refractivity contribution >= 4 is 11.8 Å². The minimum absolute atomic E-state index is 0.263. The van der Waals surface area contributed by atoms with Gasteiger partial charge in [-0.3, -0.25) is 14.9 Å². The molecule has 0 spiro atoms. The van der Waals surface area contributed by atoms with Gasteiger partial charge in [-0.1, -0.05) is 0 Å². The number of nitrogens with two attached hydrogens (primary N) is 1. The fourth-order valence-electron chi connectivity index (χ4n) is 0.687. The molecule has 0 aliphatic heterocycles. The average molecular weight is 227 g/mol. The van der Waals surface area contributed by atoms with E-state index < -0.39 is 30.6 Å². The summed E-state index contributed by atoms with van der Waals surface area (Å²) in [5, 5.41) is 4.03. The van der Waals surface area contributed by atoms with Gasteiger partial charge in [-0.05, 0) is 6.92 Å². The van der Waals surface area contributed by atoms with Crippen molar-refractivity contribution in [3.8, 4) is 0 Å². The van der Waals surface area contributed by atoms with Gasteiger partial charge in [-0.25, -0.2) is 0 Å². The summed E-state index contributed by atoms with van der Waals surface area (Å²) >= 11 is 0. The van der Waals surface area contributed by atoms with Gasteiger partial charge in [-0.2, -0.15) is 13.2 Å². The van der Waals surface area contributed by atoms with Crippen LogP contribution in [0.4, 0.5) is 13.2 Å². The molecule has 88 valence electrons. The molecular formula is C7H12F3N3O2. The number of rotatable bonds is 5. The molecule has 1 atom stereocenters. The van der Waals surface area contributed by atoms with Crippen molar-refractivity contribution in [3.63, 3.8) is 0 Å². The second-order valence-corrected chi connectivity index (χ2v) is 2.90. The van der Waals surface area contributed by atoms with Crippen molar-refractivity contribution in [1.82, 2.24) is 10.6 Å². The summed E-state index contributed by atoms with van der Waals surface area (Å²) in [4.78, 5) is 21.3. The van der Waals surface area contributed by atoms with Gasteiger partial charge in [-0.15, -0.1) is 0 Å². The number of carbonyl (C=O) groups excluding carboxylic acids is 2. The van der Waals surface area contributed by atoms with Crippen LogP contribution in [0.5, 0.6) is 0 Å². The van der Waals surface area contributed by atoms with Crippen molar-refractivity contribution in [2.75, 3.05) is 13.1 Å². The smallest absolute Gasteiger partial charge is 0.369 e. The SMILES string of the molecule is CC(NCC(N)=O)C(=O)NCC(F)(F)F. The van der Waals surface area contributed by atoms with Gasteiger partial charge < -0.3 is 11.1 Å². The van der Waals surface area contributed by atoms with Gasteiger partial charge >= 0.3 is 6.18 Å². The molecule has 1 unspecified atom stereocenters. The average Bonchev–Trinajstić information content (AvgIpc) is 2.08. The van der Waals surface area contributed by atoms with Crippen LogP contribution in [0.3, 0.4) is 0 Å². The minimum atomic E-state index is -4.45. The Kier molecular flexibility index (Phi) is 5.06. The first-order valence-corrected chi connectivity index (χ1v) is 4.08. The lowest BCUT2D eigenvalue weighted by Gasteiger charge is -2.13. The summed E-state index contributed by atoms with van der Waals surface area (Å²) in [5.74, 6) is -1.53. The molecule has 0 bridgehead atoms. The lowest BCUT2D eigenvalue weighted by Crippen LogP contribution is -2.47. The normalized spacial score (nSPS) is 13.3. The van der Waals surface area contributed by atoms with E-state index in [1.165, 1.54) is 6.92 Å². The Morgan fingerprint density at radius 1 is 1.40 bits per heavy atom. The maximum atomic E-state index is 11.7. The number of halogens is 3. The second kappa shape index (κ2) is 5.54. The summed E-state index contributed by atoms with van der Waals surface area (Å²) < 4.78 is 35.1. The third kappa shape index (κ3) is 7.74. The minimum Gasteiger partial charge on any atom is -0.369 e. The van der Waals surface area contributed by atoms with Crippen LogP contribution in [0, 0.1) is 0 Å². The highest BCUT2D eigenvalue weighted by atomic mass is 19.4. The summed E-state index contributed by atoms with van der Waals surface area (Å²) in [6.45, 7) is -0.330. The van der Waals surface area contributed by atoms with E-state index in [4.69, 9.17) is 5.73 Å². The summed E-state index contributed by atoms with van der Waals surface area (Å²) in [5.41, 5.74) is 4.77. The Morgan fingerprint density at radius 2 is 1.93 bits per heavy atom. The Morgan fingerprint density at radius 3 is 2.33 bits per heavy atom. The maximum absolute atomic E-state index is 11.7. The predicted octanol–water partition coefficient (Wildman–Crippen LogP) is -0.872. The van der Waals surface area contributed by atoms with E-state index >= 15 is 0 Å². The third-order valence-corrected chi connectivity index (χ3v) is 1.44. The van der Waals surface area contributed by atoms with Crippen molar-refractivity contribution in [1.29, 1.82) is 0 Å². The molecule has 8 heteroatoms. The number of nitrogens with one attached hydrogen (secondary N) is 2. The highest BCUT2D eigenvalue weighted by Gasteiger charge is 2.28. The standard InChI is InChI=1S/C7H12F3N3O2/c1-4(12-2-5(11)14)6(15)13-3-7(8,9)10/h4,12H,2-3H2,1H3,(H2,11,14)(H,13,15). The van der Waals surface area contributed by atoms with Crippen molar-refractivity contribution in [2.24, 2.45) is 5.73 Å². The first kappa shape index (κ1) is 13.7. The Bertz CT molecular complexity index is 242. The molecule has 5 nitrogen and oxygen atoms in total. The quantitative estimate of drug-likeness (QED) is 0.570. The molecule has 0 aliphatic carbocycles. The van der Waals surface area contributed by atoms with Crippen LogP contribution in [0.2, 0.25) is 0 Å². The summed E-state index contributed by atoms with van der Waals surface area (Å²) in [6.07, 6.45) is -4.45. The Hall–Kier alpha value is -1.31. The predicted molar refractivity (Wildman–Crippen MR) is 45.7 cm³/mol. The first-order chi connectivity index (χ1) is 6.72. The number of hydrogen-bond acceptors (Lipinski definition) is 3. The molecule has 0 saturated carbocycles. The van der Waals surface area contributed by atoms with Crippen LogP contribution in [0.25, 0.3) is 0 Å². The van der Waals surface area contributed by atoms with Crippen molar-refractivity contribution in [3.05, 3.63) is 0 Å². The van der Waals surface area contributed by atoms with Crippen LogP contribution < -0.4 is 16.4 Å². The van der Waals surface area contributed by atoms with Crippen LogP contribution in [0.15, 0.2) is 0 Å². The van der Waals surface area contributed by atoms with E-state index in [9.17, 15) is 22.8 Å². The summed E-state index contributed by atoms with van der Waals surface area (Å²) in [7, 11) is 0. The molecule has 0 aromatic rings. The van der Waals surface area contributed by atoms with Gasteiger partial charge in [0.25, 0.3) is 0 Å². The molecule has 0 aromatic heterocycles. The second-order valence-electron chi connectivity index (χ2n) is 2.90. The number of alkyl halides is 3. The molecule has 0 aromatic carbocycles. The van der Waals surface area contributed by atoms with Crippen LogP contribution in [-0.4, -0.2) is 37.1 Å². The molecule has 15 heavy (non-hydrogen) atoms. The van der Waals surface area contributed by atoms with E-state index in [-0.39, 0.29) is 6.54 Å². The van der Waals surface area contributed by atoms with E-state index in [1.54, 1.807) is 5.32 Å². The fourth-order valence-corrected chi connectivity index (χ4v) is 0.687. The van der Waals surface area contributed by atoms with Crippen LogP contribution in [0.1, 0.15) is 6.92 Å². The zero-order valence-electron chi connectivity index (χ0n) is 8.02. The van der Waals surface area contributed by atoms with Gasteiger partial charge in [0.15, 0.2) is 0 Å². The van der Waals surface area contributed by atoms with Crippen molar-refractivity contribution < 1.29 is 22.8 Å². The van der Waals surface area contributed by atoms with Gasteiger partial charge in [0.1, 0.15) is 6.54 Å². The number of amides is 2. The molecule has 0 rings (SSSR count). The number of hydrogen-bond donors (Lipinski definition) is 3. The Balaban J connectivity index is 3.84. The molecule has 0 fully saturated rings. The highest BCUT2D eigenvalue weighted by molar-refractivity contribution is 5.82. The lowest BCUT2D eigenvalue weighted by molar-refractivity contribution is -0.139. The molecule has 0 saturated heterocycles. The van der Waals surface area contributed by atoms with Gasteiger partial charge in [0, 0.05) is 0 Å². The molecule has 4 N–H and O–H groups in total. The van der Waals surface area contributed by atoms with Crippen LogP contribution in [-0.2, 0) is 9.59 Å². The molecule has 2 amide bonds. The Labute approximate surface area is 84.2 Å². The van der Waals surface area contributed by atoms with Gasteiger partial charge in [0.05, 0.1) is 12.6 Å². The number of carbonyl (C=O) groups is 2. The monoisotopic (exact) mass is 227 g/mol. The zero-order chi connectivity index (χ0) is 12.1. The molecule has 0 aliphatic rings. The maximum Gasteiger partial charge on any atom is 0.405 e. The van der Waals surface area contributed by atoms with E-state index in [1.807, 2.05) is 0 Å². The van der Waals surface area contributed by atoms with E-state index in [0.717, 1.165) is 0 Å². The van der Waals surface area contributed by atoms with Crippen LogP contribution >= 0.6 is 0 Å². The van der Waals surface area contributed by atoms with E-state index in [2.05, 4.69) is 5.32 Å². The highest BCUT2D eigenvalue weighted by Crippen LogP contribution is 2.12. The van der Waals surface area contributed by atoms with Crippen molar-refractivity contribution in [2.45, 2.75) is 19.1 Å². The molecule has 0 heterocycles. The third-order valence-electron chi connectivity index (χ3n) is 1.44. The topological polar surface area (TPSA) is 84.2 Å². The van der Waals surface area contributed by atoms with E-state index in [0.29, 0.717) is 0 Å². The fraction of sp³-hybridized carbons (Fsp3) is 0.714. The largest absolute Gasteiger partial charge is 0.405 e. The molecule has 0 radical (unpaired) electrons. The van der Waals surface area contributed by atoms with Gasteiger partial charge in [0.2, 0.25) is 11.8 Å². The molecular weight excluding hydrogens is 215 g/mol.